The Morgan fingerprint density at radius 1 is 0.931 bits per heavy atom. The molecule has 0 bridgehead atoms. The average Bonchev–Trinajstić information content (AvgIpc) is 2.79. The molecule has 0 spiro atoms. The molecule has 0 amide bonds. The molecule has 29 heavy (non-hydrogen) atoms. The van der Waals surface area contributed by atoms with Gasteiger partial charge in [-0.25, -0.2) is 9.78 Å². The zero-order chi connectivity index (χ0) is 20.2. The standard InChI is InChI=1S/C24H17NO4/c1-28-23-19-8-5-9-21(29-24(27)18-6-3-2-4-7-18)22(19)20(14-25-23)17-12-10-16(15-26)11-13-17/h2-15H,1H3. The zero-order valence-corrected chi connectivity index (χ0v) is 15.7. The summed E-state index contributed by atoms with van der Waals surface area (Å²) in [6, 6.07) is 21.4. The molecule has 5 nitrogen and oxygen atoms in total. The molecule has 0 saturated heterocycles. The van der Waals surface area contributed by atoms with Crippen LogP contribution in [0.15, 0.2) is 79.0 Å². The summed E-state index contributed by atoms with van der Waals surface area (Å²) in [7, 11) is 1.54. The maximum atomic E-state index is 12.6. The van der Waals surface area contributed by atoms with Crippen LogP contribution >= 0.6 is 0 Å². The fourth-order valence-corrected chi connectivity index (χ4v) is 3.19. The molecular weight excluding hydrogens is 366 g/mol. The topological polar surface area (TPSA) is 65.5 Å². The quantitative estimate of drug-likeness (QED) is 0.277. The minimum Gasteiger partial charge on any atom is -0.481 e. The Balaban J connectivity index is 1.88. The van der Waals surface area contributed by atoms with Crippen molar-refractivity contribution in [1.82, 2.24) is 4.98 Å². The number of fused-ring (bicyclic) bond motifs is 1. The Morgan fingerprint density at radius 3 is 2.38 bits per heavy atom. The van der Waals surface area contributed by atoms with Gasteiger partial charge in [0.15, 0.2) is 0 Å². The predicted octanol–water partition coefficient (Wildman–Crippen LogP) is 4.94. The lowest BCUT2D eigenvalue weighted by Crippen LogP contribution is -2.08. The van der Waals surface area contributed by atoms with E-state index in [2.05, 4.69) is 4.98 Å². The molecule has 5 heteroatoms. The van der Waals surface area contributed by atoms with Crippen molar-refractivity contribution < 1.29 is 19.1 Å². The number of methoxy groups -OCH3 is 1. The van der Waals surface area contributed by atoms with E-state index in [9.17, 15) is 9.59 Å². The van der Waals surface area contributed by atoms with Gasteiger partial charge in [-0.05, 0) is 29.8 Å². The van der Waals surface area contributed by atoms with Crippen molar-refractivity contribution in [2.45, 2.75) is 0 Å². The highest BCUT2D eigenvalue weighted by atomic mass is 16.5. The van der Waals surface area contributed by atoms with Gasteiger partial charge in [0.2, 0.25) is 5.88 Å². The summed E-state index contributed by atoms with van der Waals surface area (Å²) in [5, 5.41) is 1.44. The molecule has 3 aromatic carbocycles. The second kappa shape index (κ2) is 7.94. The van der Waals surface area contributed by atoms with Gasteiger partial charge in [0.05, 0.1) is 12.7 Å². The number of benzene rings is 3. The molecule has 142 valence electrons. The van der Waals surface area contributed by atoms with E-state index in [-0.39, 0.29) is 0 Å². The van der Waals surface area contributed by atoms with Crippen LogP contribution in [-0.2, 0) is 0 Å². The van der Waals surface area contributed by atoms with Gasteiger partial charge in [-0.3, -0.25) is 4.79 Å². The van der Waals surface area contributed by atoms with Crippen molar-refractivity contribution in [3.63, 3.8) is 0 Å². The first-order chi connectivity index (χ1) is 14.2. The fourth-order valence-electron chi connectivity index (χ4n) is 3.19. The zero-order valence-electron chi connectivity index (χ0n) is 15.7. The molecule has 0 aliphatic carbocycles. The summed E-state index contributed by atoms with van der Waals surface area (Å²) < 4.78 is 11.1. The number of carbonyl (C=O) groups excluding carboxylic acids is 2. The van der Waals surface area contributed by atoms with Crippen LogP contribution in [0.1, 0.15) is 20.7 Å². The first-order valence-corrected chi connectivity index (χ1v) is 9.00. The van der Waals surface area contributed by atoms with Crippen molar-refractivity contribution in [3.8, 4) is 22.8 Å². The van der Waals surface area contributed by atoms with E-state index in [0.29, 0.717) is 28.1 Å². The minimum absolute atomic E-state index is 0.409. The average molecular weight is 383 g/mol. The third-order valence-electron chi connectivity index (χ3n) is 4.60. The summed E-state index contributed by atoms with van der Waals surface area (Å²) >= 11 is 0. The molecule has 0 fully saturated rings. The molecule has 1 aromatic heterocycles. The molecule has 0 aliphatic heterocycles. The third kappa shape index (κ3) is 3.58. The molecule has 1 heterocycles. The molecule has 0 radical (unpaired) electrons. The molecule has 0 aliphatic rings. The first-order valence-electron chi connectivity index (χ1n) is 9.00. The molecule has 0 N–H and O–H groups in total. The van der Waals surface area contributed by atoms with Crippen LogP contribution in [0.4, 0.5) is 0 Å². The highest BCUT2D eigenvalue weighted by Crippen LogP contribution is 2.38. The van der Waals surface area contributed by atoms with Crippen LogP contribution < -0.4 is 9.47 Å². The number of ether oxygens (including phenoxy) is 2. The van der Waals surface area contributed by atoms with Crippen molar-refractivity contribution >= 4 is 23.0 Å². The van der Waals surface area contributed by atoms with Gasteiger partial charge in [0.1, 0.15) is 12.0 Å². The normalized spacial score (nSPS) is 10.5. The van der Waals surface area contributed by atoms with Crippen molar-refractivity contribution in [1.29, 1.82) is 0 Å². The van der Waals surface area contributed by atoms with E-state index in [4.69, 9.17) is 9.47 Å². The molecule has 4 aromatic rings. The van der Waals surface area contributed by atoms with E-state index in [0.717, 1.165) is 22.8 Å². The second-order valence-electron chi connectivity index (χ2n) is 6.36. The summed E-state index contributed by atoms with van der Waals surface area (Å²) in [5.74, 6) is 0.397. The Morgan fingerprint density at radius 2 is 1.69 bits per heavy atom. The molecule has 0 saturated carbocycles. The number of aldehydes is 1. The Hall–Kier alpha value is -3.99. The number of hydrogen-bond acceptors (Lipinski definition) is 5. The van der Waals surface area contributed by atoms with Gasteiger partial charge >= 0.3 is 5.97 Å². The first kappa shape index (κ1) is 18.4. The van der Waals surface area contributed by atoms with Crippen molar-refractivity contribution in [3.05, 3.63) is 90.1 Å². The van der Waals surface area contributed by atoms with E-state index in [1.807, 2.05) is 24.3 Å². The van der Waals surface area contributed by atoms with Crippen LogP contribution in [0, 0.1) is 0 Å². The molecular formula is C24H17NO4. The van der Waals surface area contributed by atoms with Gasteiger partial charge in [-0.2, -0.15) is 0 Å². The van der Waals surface area contributed by atoms with Gasteiger partial charge in [-0.15, -0.1) is 0 Å². The number of nitrogens with zero attached hydrogens (tertiary/aromatic N) is 1. The lowest BCUT2D eigenvalue weighted by molar-refractivity contribution is 0.0737. The van der Waals surface area contributed by atoms with Crippen molar-refractivity contribution in [2.75, 3.05) is 7.11 Å². The number of rotatable bonds is 5. The SMILES string of the molecule is COc1ncc(-c2ccc(C=O)cc2)c2c(OC(=O)c3ccccc3)cccc12. The van der Waals surface area contributed by atoms with Gasteiger partial charge in [0.25, 0.3) is 0 Å². The maximum Gasteiger partial charge on any atom is 0.343 e. The molecule has 4 rings (SSSR count). The van der Waals surface area contributed by atoms with Crippen LogP contribution in [0.3, 0.4) is 0 Å². The maximum absolute atomic E-state index is 12.6. The predicted molar refractivity (Wildman–Crippen MR) is 111 cm³/mol. The van der Waals surface area contributed by atoms with E-state index < -0.39 is 5.97 Å². The number of aromatic nitrogens is 1. The summed E-state index contributed by atoms with van der Waals surface area (Å²) in [6.45, 7) is 0. The molecule has 0 unspecified atom stereocenters. The smallest absolute Gasteiger partial charge is 0.343 e. The van der Waals surface area contributed by atoms with E-state index >= 15 is 0 Å². The number of hydrogen-bond donors (Lipinski definition) is 0. The third-order valence-corrected chi connectivity index (χ3v) is 4.60. The Labute approximate surface area is 167 Å². The van der Waals surface area contributed by atoms with E-state index in [1.165, 1.54) is 0 Å². The van der Waals surface area contributed by atoms with Crippen LogP contribution in [0.25, 0.3) is 21.9 Å². The number of carbonyl (C=O) groups is 2. The minimum atomic E-state index is -0.448. The van der Waals surface area contributed by atoms with Crippen LogP contribution in [-0.4, -0.2) is 24.3 Å². The summed E-state index contributed by atoms with van der Waals surface area (Å²) in [5.41, 5.74) is 2.66. The van der Waals surface area contributed by atoms with Gasteiger partial charge in [-0.1, -0.05) is 48.5 Å². The highest BCUT2D eigenvalue weighted by molar-refractivity contribution is 6.04. The monoisotopic (exact) mass is 383 g/mol. The Bertz CT molecular complexity index is 1180. The van der Waals surface area contributed by atoms with Crippen LogP contribution in [0.2, 0.25) is 0 Å². The van der Waals surface area contributed by atoms with Gasteiger partial charge in [0, 0.05) is 28.1 Å². The summed E-state index contributed by atoms with van der Waals surface area (Å²) in [4.78, 5) is 28.0. The lowest BCUT2D eigenvalue weighted by atomic mass is 9.99. The largest absolute Gasteiger partial charge is 0.481 e. The van der Waals surface area contributed by atoms with E-state index in [1.54, 1.807) is 61.8 Å². The fraction of sp³-hybridized carbons (Fsp3) is 0.0417. The summed E-state index contributed by atoms with van der Waals surface area (Å²) in [6.07, 6.45) is 2.47. The number of pyridine rings is 1. The number of esters is 1. The lowest BCUT2D eigenvalue weighted by Gasteiger charge is -2.14. The molecule has 0 atom stereocenters. The van der Waals surface area contributed by atoms with Crippen molar-refractivity contribution in [2.24, 2.45) is 0 Å². The second-order valence-corrected chi connectivity index (χ2v) is 6.36. The van der Waals surface area contributed by atoms with Crippen LogP contribution in [0.5, 0.6) is 11.6 Å². The van der Waals surface area contributed by atoms with Gasteiger partial charge < -0.3 is 9.47 Å². The highest BCUT2D eigenvalue weighted by Gasteiger charge is 2.17. The Kier molecular flexibility index (Phi) is 5.03.